The van der Waals surface area contributed by atoms with Gasteiger partial charge >= 0.3 is 0 Å². The van der Waals surface area contributed by atoms with Crippen LogP contribution in [0.2, 0.25) is 0 Å². The van der Waals surface area contributed by atoms with E-state index in [-0.39, 0.29) is 24.4 Å². The normalized spacial score (nSPS) is 21.8. The minimum absolute atomic E-state index is 0.00650. The van der Waals surface area contributed by atoms with Gasteiger partial charge in [0.05, 0.1) is 11.8 Å². The number of aliphatic hydroxyl groups excluding tert-OH is 1. The molecule has 3 aromatic rings. The average molecular weight is 383 g/mol. The van der Waals surface area contributed by atoms with Gasteiger partial charge in [-0.15, -0.1) is 5.10 Å². The standard InChI is InChI=1S/C20H22FN5O2/c1-12-10-23-6-5-17(12)26-20(13-7-16(22)18(27)8-13)24-19(25-26)11-28-15-4-2-3-14(21)9-15/h2-6,9-10,13,16,18,27H,7-8,11,22H2,1H3/t13-,16-,18-/m0/s1. The number of benzene rings is 1. The van der Waals surface area contributed by atoms with Crippen LogP contribution in [-0.4, -0.2) is 37.0 Å². The van der Waals surface area contributed by atoms with E-state index in [4.69, 9.17) is 10.5 Å². The minimum Gasteiger partial charge on any atom is -0.485 e. The summed E-state index contributed by atoms with van der Waals surface area (Å²) in [7, 11) is 0. The second-order valence-corrected chi connectivity index (χ2v) is 7.11. The predicted molar refractivity (Wildman–Crippen MR) is 101 cm³/mol. The number of ether oxygens (including phenoxy) is 1. The topological polar surface area (TPSA) is 99.1 Å². The van der Waals surface area contributed by atoms with Crippen molar-refractivity contribution < 1.29 is 14.2 Å². The third-order valence-electron chi connectivity index (χ3n) is 5.00. The Bertz CT molecular complexity index is 967. The Morgan fingerprint density at radius 1 is 1.32 bits per heavy atom. The summed E-state index contributed by atoms with van der Waals surface area (Å²) < 4.78 is 20.8. The van der Waals surface area contributed by atoms with Crippen molar-refractivity contribution in [1.82, 2.24) is 19.7 Å². The van der Waals surface area contributed by atoms with Crippen molar-refractivity contribution in [3.63, 3.8) is 0 Å². The second kappa shape index (κ2) is 7.65. The maximum absolute atomic E-state index is 13.3. The largest absolute Gasteiger partial charge is 0.485 e. The highest BCUT2D eigenvalue weighted by molar-refractivity contribution is 5.38. The Morgan fingerprint density at radius 2 is 2.18 bits per heavy atom. The van der Waals surface area contributed by atoms with E-state index in [2.05, 4.69) is 15.1 Å². The molecule has 4 rings (SSSR count). The van der Waals surface area contributed by atoms with Crippen LogP contribution in [0.25, 0.3) is 5.69 Å². The first-order valence-electron chi connectivity index (χ1n) is 9.20. The fourth-order valence-corrected chi connectivity index (χ4v) is 3.54. The lowest BCUT2D eigenvalue weighted by molar-refractivity contribution is 0.163. The maximum Gasteiger partial charge on any atom is 0.188 e. The van der Waals surface area contributed by atoms with E-state index in [9.17, 15) is 9.50 Å². The molecule has 3 N–H and O–H groups in total. The van der Waals surface area contributed by atoms with E-state index in [1.807, 2.05) is 13.0 Å². The van der Waals surface area contributed by atoms with Crippen LogP contribution >= 0.6 is 0 Å². The lowest BCUT2D eigenvalue weighted by Crippen LogP contribution is -2.28. The summed E-state index contributed by atoms with van der Waals surface area (Å²) in [5.41, 5.74) is 7.82. The Balaban J connectivity index is 1.65. The highest BCUT2D eigenvalue weighted by Crippen LogP contribution is 2.34. The van der Waals surface area contributed by atoms with Gasteiger partial charge in [-0.25, -0.2) is 14.1 Å². The molecule has 7 nitrogen and oxygen atoms in total. The molecule has 1 fully saturated rings. The number of nitrogens with zero attached hydrogens (tertiary/aromatic N) is 4. The van der Waals surface area contributed by atoms with Crippen LogP contribution in [0.4, 0.5) is 4.39 Å². The molecule has 28 heavy (non-hydrogen) atoms. The van der Waals surface area contributed by atoms with Crippen molar-refractivity contribution in [3.05, 3.63) is 65.8 Å². The van der Waals surface area contributed by atoms with Gasteiger partial charge in [-0.2, -0.15) is 0 Å². The molecule has 3 atom stereocenters. The van der Waals surface area contributed by atoms with Gasteiger partial charge in [0.15, 0.2) is 5.82 Å². The van der Waals surface area contributed by atoms with E-state index in [0.717, 1.165) is 17.1 Å². The highest BCUT2D eigenvalue weighted by atomic mass is 19.1. The molecule has 0 radical (unpaired) electrons. The van der Waals surface area contributed by atoms with Crippen molar-refractivity contribution in [2.75, 3.05) is 0 Å². The Hall–Kier alpha value is -2.84. The average Bonchev–Trinajstić information content (AvgIpc) is 3.24. The molecule has 1 saturated carbocycles. The summed E-state index contributed by atoms with van der Waals surface area (Å²) in [6.07, 6.45) is 4.08. The van der Waals surface area contributed by atoms with E-state index in [1.165, 1.54) is 12.1 Å². The first-order valence-corrected chi connectivity index (χ1v) is 9.20. The summed E-state index contributed by atoms with van der Waals surface area (Å²) in [5, 5.41) is 14.7. The quantitative estimate of drug-likeness (QED) is 0.701. The number of aryl methyl sites for hydroxylation is 1. The third-order valence-corrected chi connectivity index (χ3v) is 5.00. The van der Waals surface area contributed by atoms with Gasteiger partial charge < -0.3 is 15.6 Å². The molecular weight excluding hydrogens is 361 g/mol. The zero-order valence-corrected chi connectivity index (χ0v) is 15.5. The van der Waals surface area contributed by atoms with E-state index >= 15 is 0 Å². The van der Waals surface area contributed by atoms with Crippen LogP contribution in [0.3, 0.4) is 0 Å². The number of halogens is 1. The fourth-order valence-electron chi connectivity index (χ4n) is 3.54. The lowest BCUT2D eigenvalue weighted by atomic mass is 10.1. The Labute approximate surface area is 162 Å². The van der Waals surface area contributed by atoms with Gasteiger partial charge in [-0.3, -0.25) is 4.98 Å². The monoisotopic (exact) mass is 383 g/mol. The number of pyridine rings is 1. The van der Waals surface area contributed by atoms with Gasteiger partial charge in [0, 0.05) is 30.4 Å². The van der Waals surface area contributed by atoms with Crippen LogP contribution in [0, 0.1) is 12.7 Å². The summed E-state index contributed by atoms with van der Waals surface area (Å²) in [4.78, 5) is 8.79. The molecule has 0 bridgehead atoms. The van der Waals surface area contributed by atoms with Crippen molar-refractivity contribution in [3.8, 4) is 11.4 Å². The fraction of sp³-hybridized carbons (Fsp3) is 0.350. The molecule has 0 saturated heterocycles. The molecule has 1 aliphatic rings. The minimum atomic E-state index is -0.555. The molecule has 2 aromatic heterocycles. The highest BCUT2D eigenvalue weighted by Gasteiger charge is 2.35. The molecule has 0 amide bonds. The van der Waals surface area contributed by atoms with Gasteiger partial charge in [0.1, 0.15) is 24.0 Å². The maximum atomic E-state index is 13.3. The van der Waals surface area contributed by atoms with Crippen molar-refractivity contribution >= 4 is 0 Å². The predicted octanol–water partition coefficient (Wildman–Crippen LogP) is 2.25. The lowest BCUT2D eigenvalue weighted by Gasteiger charge is -2.12. The smallest absolute Gasteiger partial charge is 0.188 e. The van der Waals surface area contributed by atoms with Crippen LogP contribution in [0.1, 0.15) is 36.0 Å². The van der Waals surface area contributed by atoms with Crippen LogP contribution in [0.5, 0.6) is 5.75 Å². The van der Waals surface area contributed by atoms with Crippen molar-refractivity contribution in [2.24, 2.45) is 5.73 Å². The van der Waals surface area contributed by atoms with E-state index < -0.39 is 6.10 Å². The van der Waals surface area contributed by atoms with Gasteiger partial charge in [-0.1, -0.05) is 6.07 Å². The molecular formula is C20H22FN5O2. The number of aliphatic hydroxyl groups is 1. The zero-order chi connectivity index (χ0) is 19.7. The van der Waals surface area contributed by atoms with Crippen molar-refractivity contribution in [1.29, 1.82) is 0 Å². The number of hydrogen-bond acceptors (Lipinski definition) is 6. The molecule has 146 valence electrons. The Kier molecular flexibility index (Phi) is 5.06. The molecule has 1 aliphatic carbocycles. The molecule has 1 aromatic carbocycles. The molecule has 0 aliphatic heterocycles. The molecule has 0 unspecified atom stereocenters. The SMILES string of the molecule is Cc1cnccc1-n1nc(COc2cccc(F)c2)nc1[C@H]1C[C@H](N)[C@@H](O)C1. The summed E-state index contributed by atoms with van der Waals surface area (Å²) in [6, 6.07) is 7.54. The number of aromatic nitrogens is 4. The Morgan fingerprint density at radius 3 is 2.89 bits per heavy atom. The second-order valence-electron chi connectivity index (χ2n) is 7.11. The zero-order valence-electron chi connectivity index (χ0n) is 15.5. The molecule has 8 heteroatoms. The summed E-state index contributed by atoms with van der Waals surface area (Å²) >= 11 is 0. The van der Waals surface area contributed by atoms with Gasteiger partial charge in [-0.05, 0) is 43.5 Å². The number of hydrogen-bond donors (Lipinski definition) is 2. The summed E-state index contributed by atoms with van der Waals surface area (Å²) in [6.45, 7) is 2.06. The number of nitrogens with two attached hydrogens (primary N) is 1. The van der Waals surface area contributed by atoms with E-state index in [1.54, 1.807) is 29.2 Å². The molecule has 2 heterocycles. The number of rotatable bonds is 5. The third kappa shape index (κ3) is 3.74. The summed E-state index contributed by atoms with van der Waals surface area (Å²) in [5.74, 6) is 1.26. The first kappa shape index (κ1) is 18.5. The molecule has 0 spiro atoms. The van der Waals surface area contributed by atoms with E-state index in [0.29, 0.717) is 24.4 Å². The van der Waals surface area contributed by atoms with Crippen LogP contribution < -0.4 is 10.5 Å². The van der Waals surface area contributed by atoms with Crippen molar-refractivity contribution in [2.45, 2.75) is 44.4 Å². The van der Waals surface area contributed by atoms with Crippen LogP contribution in [-0.2, 0) is 6.61 Å². The first-order chi connectivity index (χ1) is 13.5. The van der Waals surface area contributed by atoms with Gasteiger partial charge in [0.2, 0.25) is 0 Å². The van der Waals surface area contributed by atoms with Gasteiger partial charge in [0.25, 0.3) is 0 Å². The van der Waals surface area contributed by atoms with Crippen LogP contribution in [0.15, 0.2) is 42.7 Å².